The van der Waals surface area contributed by atoms with Crippen LogP contribution in [0.15, 0.2) is 34.9 Å². The van der Waals surface area contributed by atoms with Crippen molar-refractivity contribution in [2.24, 2.45) is 5.73 Å². The Bertz CT molecular complexity index is 839. The van der Waals surface area contributed by atoms with Gasteiger partial charge in [0.1, 0.15) is 0 Å². The van der Waals surface area contributed by atoms with Crippen LogP contribution in [0.3, 0.4) is 0 Å². The summed E-state index contributed by atoms with van der Waals surface area (Å²) in [7, 11) is 0. The summed E-state index contributed by atoms with van der Waals surface area (Å²) >= 11 is 0. The molecule has 0 aliphatic heterocycles. The lowest BCUT2D eigenvalue weighted by Crippen LogP contribution is -2.34. The van der Waals surface area contributed by atoms with Gasteiger partial charge in [0.25, 0.3) is 5.89 Å². The van der Waals surface area contributed by atoms with Crippen molar-refractivity contribution in [3.8, 4) is 11.5 Å². The quantitative estimate of drug-likeness (QED) is 0.774. The number of hydrogen-bond donors (Lipinski definition) is 1. The second kappa shape index (κ2) is 5.91. The van der Waals surface area contributed by atoms with E-state index in [1.54, 1.807) is 0 Å². The minimum absolute atomic E-state index is 0. The molecule has 0 saturated heterocycles. The number of para-hydroxylation sites is 1. The predicted molar refractivity (Wildman–Crippen MR) is 91.4 cm³/mol. The molecule has 0 atom stereocenters. The van der Waals surface area contributed by atoms with Crippen LogP contribution in [0.4, 0.5) is 0 Å². The lowest BCUT2D eigenvalue weighted by Gasteiger charge is -2.17. The maximum absolute atomic E-state index is 6.40. The topological polar surface area (TPSA) is 77.8 Å². The van der Waals surface area contributed by atoms with Crippen molar-refractivity contribution < 1.29 is 4.52 Å². The summed E-state index contributed by atoms with van der Waals surface area (Å²) in [6.45, 7) is 1.96. The Morgan fingerprint density at radius 3 is 2.65 bits per heavy atom. The van der Waals surface area contributed by atoms with Crippen LogP contribution in [-0.2, 0) is 5.54 Å². The Labute approximate surface area is 140 Å². The average Bonchev–Trinajstić information content (AvgIpc) is 3.16. The average molecular weight is 331 g/mol. The molecule has 0 spiro atoms. The Morgan fingerprint density at radius 1 is 1.13 bits per heavy atom. The van der Waals surface area contributed by atoms with Gasteiger partial charge in [-0.1, -0.05) is 36.2 Å². The monoisotopic (exact) mass is 330 g/mol. The number of nitrogens with two attached hydrogens (primary N) is 1. The molecule has 1 aliphatic rings. The molecule has 1 aromatic carbocycles. The fourth-order valence-corrected chi connectivity index (χ4v) is 3.19. The highest BCUT2D eigenvalue weighted by atomic mass is 35.5. The summed E-state index contributed by atoms with van der Waals surface area (Å²) in [4.78, 5) is 9.18. The molecule has 2 aromatic heterocycles. The number of nitrogens with zero attached hydrogens (tertiary/aromatic N) is 3. The predicted octanol–water partition coefficient (Wildman–Crippen LogP) is 3.74. The normalized spacial score (nSPS) is 16.4. The maximum atomic E-state index is 6.40. The first-order chi connectivity index (χ1) is 10.7. The molecule has 2 N–H and O–H groups in total. The van der Waals surface area contributed by atoms with Crippen LogP contribution >= 0.6 is 12.4 Å². The highest BCUT2D eigenvalue weighted by Gasteiger charge is 2.36. The summed E-state index contributed by atoms with van der Waals surface area (Å²) in [5, 5.41) is 5.19. The van der Waals surface area contributed by atoms with Gasteiger partial charge in [-0.15, -0.1) is 12.4 Å². The third kappa shape index (κ3) is 2.71. The third-order valence-electron chi connectivity index (χ3n) is 4.51. The van der Waals surface area contributed by atoms with E-state index in [1.165, 1.54) is 0 Å². The molecule has 0 radical (unpaired) electrons. The van der Waals surface area contributed by atoms with Crippen LogP contribution in [-0.4, -0.2) is 15.1 Å². The number of pyridine rings is 1. The van der Waals surface area contributed by atoms with E-state index < -0.39 is 5.54 Å². The maximum Gasteiger partial charge on any atom is 0.259 e. The van der Waals surface area contributed by atoms with E-state index in [1.807, 2.05) is 37.3 Å². The van der Waals surface area contributed by atoms with Crippen LogP contribution in [0.5, 0.6) is 0 Å². The van der Waals surface area contributed by atoms with E-state index in [9.17, 15) is 0 Å². The number of fused-ring (bicyclic) bond motifs is 1. The number of benzene rings is 1. The van der Waals surface area contributed by atoms with Gasteiger partial charge in [0, 0.05) is 5.39 Å². The van der Waals surface area contributed by atoms with Gasteiger partial charge in [0.15, 0.2) is 5.82 Å². The Kier molecular flexibility index (Phi) is 4.08. The van der Waals surface area contributed by atoms with Crippen molar-refractivity contribution in [3.05, 3.63) is 41.9 Å². The Balaban J connectivity index is 0.00000156. The van der Waals surface area contributed by atoms with Gasteiger partial charge in [-0.3, -0.25) is 4.98 Å². The number of halogens is 1. The molecule has 23 heavy (non-hydrogen) atoms. The van der Waals surface area contributed by atoms with Gasteiger partial charge in [-0.2, -0.15) is 4.98 Å². The lowest BCUT2D eigenvalue weighted by molar-refractivity contribution is 0.372. The zero-order valence-electron chi connectivity index (χ0n) is 13.0. The minimum atomic E-state index is -0.431. The van der Waals surface area contributed by atoms with E-state index in [0.717, 1.165) is 47.8 Å². The molecule has 1 aliphatic carbocycles. The second-order valence-electron chi connectivity index (χ2n) is 6.10. The number of rotatable bonds is 2. The highest BCUT2D eigenvalue weighted by molar-refractivity contribution is 5.85. The van der Waals surface area contributed by atoms with E-state index in [0.29, 0.717) is 11.7 Å². The number of hydrogen-bond acceptors (Lipinski definition) is 5. The molecule has 0 bridgehead atoms. The molecule has 0 unspecified atom stereocenters. The van der Waals surface area contributed by atoms with Gasteiger partial charge >= 0.3 is 0 Å². The van der Waals surface area contributed by atoms with Crippen molar-refractivity contribution >= 4 is 23.3 Å². The van der Waals surface area contributed by atoms with Crippen molar-refractivity contribution in [2.75, 3.05) is 0 Å². The van der Waals surface area contributed by atoms with Crippen LogP contribution in [0.25, 0.3) is 22.4 Å². The van der Waals surface area contributed by atoms with E-state index >= 15 is 0 Å². The van der Waals surface area contributed by atoms with Crippen molar-refractivity contribution in [1.29, 1.82) is 0 Å². The van der Waals surface area contributed by atoms with Gasteiger partial charge in [0.05, 0.1) is 22.3 Å². The van der Waals surface area contributed by atoms with Crippen LogP contribution < -0.4 is 5.73 Å². The molecule has 120 valence electrons. The minimum Gasteiger partial charge on any atom is -0.334 e. The third-order valence-corrected chi connectivity index (χ3v) is 4.51. The van der Waals surface area contributed by atoms with E-state index in [4.69, 9.17) is 10.3 Å². The second-order valence-corrected chi connectivity index (χ2v) is 6.10. The number of aromatic nitrogens is 3. The van der Waals surface area contributed by atoms with Crippen molar-refractivity contribution in [3.63, 3.8) is 0 Å². The SMILES string of the molecule is Cc1nc2ccccc2cc1-c1nc(C2(N)CCCC2)no1.Cl. The highest BCUT2D eigenvalue weighted by Crippen LogP contribution is 2.36. The lowest BCUT2D eigenvalue weighted by atomic mass is 9.98. The molecule has 4 rings (SSSR count). The van der Waals surface area contributed by atoms with Gasteiger partial charge in [0.2, 0.25) is 0 Å². The molecular formula is C17H19ClN4O. The fourth-order valence-electron chi connectivity index (χ4n) is 3.19. The number of aryl methyl sites for hydroxylation is 1. The molecule has 3 aromatic rings. The Morgan fingerprint density at radius 2 is 1.87 bits per heavy atom. The summed E-state index contributed by atoms with van der Waals surface area (Å²) in [6, 6.07) is 10.1. The summed E-state index contributed by atoms with van der Waals surface area (Å²) in [5.74, 6) is 1.12. The molecule has 0 amide bonds. The summed E-state index contributed by atoms with van der Waals surface area (Å²) < 4.78 is 5.48. The zero-order chi connectivity index (χ0) is 15.2. The van der Waals surface area contributed by atoms with Crippen LogP contribution in [0.2, 0.25) is 0 Å². The summed E-state index contributed by atoms with van der Waals surface area (Å²) in [6.07, 6.45) is 4.08. The summed E-state index contributed by atoms with van der Waals surface area (Å²) in [5.41, 5.74) is 8.69. The van der Waals surface area contributed by atoms with E-state index in [-0.39, 0.29) is 12.4 Å². The standard InChI is InChI=1S/C17H18N4O.ClH/c1-11-13(10-12-6-2-3-7-14(12)19-11)15-20-16(21-22-15)17(18)8-4-5-9-17;/h2-3,6-7,10H,4-5,8-9,18H2,1H3;1H. The Hall–Kier alpha value is -1.98. The smallest absolute Gasteiger partial charge is 0.259 e. The molecule has 1 saturated carbocycles. The first-order valence-corrected chi connectivity index (χ1v) is 7.66. The first-order valence-electron chi connectivity index (χ1n) is 7.66. The largest absolute Gasteiger partial charge is 0.334 e. The van der Waals surface area contributed by atoms with Crippen molar-refractivity contribution in [2.45, 2.75) is 38.1 Å². The molecule has 6 heteroatoms. The molecular weight excluding hydrogens is 312 g/mol. The van der Waals surface area contributed by atoms with Crippen molar-refractivity contribution in [1.82, 2.24) is 15.1 Å². The first kappa shape index (κ1) is 15.9. The fraction of sp³-hybridized carbons (Fsp3) is 0.353. The van der Waals surface area contributed by atoms with E-state index in [2.05, 4.69) is 15.1 Å². The van der Waals surface area contributed by atoms with Crippen LogP contribution in [0.1, 0.15) is 37.2 Å². The van der Waals surface area contributed by atoms with Gasteiger partial charge in [-0.25, -0.2) is 0 Å². The van der Waals surface area contributed by atoms with Gasteiger partial charge in [-0.05, 0) is 31.9 Å². The van der Waals surface area contributed by atoms with Gasteiger partial charge < -0.3 is 10.3 Å². The zero-order valence-corrected chi connectivity index (χ0v) is 13.8. The molecule has 1 fully saturated rings. The molecule has 2 heterocycles. The molecule has 5 nitrogen and oxygen atoms in total. The van der Waals surface area contributed by atoms with Crippen LogP contribution in [0, 0.1) is 6.92 Å².